The number of amides is 2. The summed E-state index contributed by atoms with van der Waals surface area (Å²) in [6, 6.07) is 7.51. The number of halogens is 1. The van der Waals surface area contributed by atoms with Crippen LogP contribution < -0.4 is 5.32 Å². The molecule has 2 amide bonds. The average molecular weight is 474 g/mol. The Morgan fingerprint density at radius 3 is 2.07 bits per heavy atom. The molecule has 1 fully saturated rings. The van der Waals surface area contributed by atoms with Gasteiger partial charge in [0.25, 0.3) is 0 Å². The van der Waals surface area contributed by atoms with Crippen LogP contribution in [-0.2, 0) is 19.1 Å². The Labute approximate surface area is 176 Å². The third-order valence-electron chi connectivity index (χ3n) is 3.86. The number of nitrogens with zero attached hydrogens (tertiary/aromatic N) is 2. The normalized spacial score (nSPS) is 13.7. The predicted molar refractivity (Wildman–Crippen MR) is 108 cm³/mol. The fourth-order valence-corrected chi connectivity index (χ4v) is 2.65. The van der Waals surface area contributed by atoms with Crippen molar-refractivity contribution in [3.05, 3.63) is 28.7 Å². The highest BCUT2D eigenvalue weighted by atomic mass is 79.9. The van der Waals surface area contributed by atoms with Gasteiger partial charge in [0, 0.05) is 49.3 Å². The number of hydrogen-bond acceptors (Lipinski definition) is 6. The van der Waals surface area contributed by atoms with E-state index in [-0.39, 0.29) is 12.0 Å². The van der Waals surface area contributed by atoms with Crippen molar-refractivity contribution in [1.82, 2.24) is 9.80 Å². The maximum absolute atomic E-state index is 12.0. The summed E-state index contributed by atoms with van der Waals surface area (Å²) in [6.45, 7) is 5.72. The molecule has 0 atom stereocenters. The molecule has 3 N–H and O–H groups in total. The van der Waals surface area contributed by atoms with E-state index in [0.29, 0.717) is 32.7 Å². The van der Waals surface area contributed by atoms with E-state index in [9.17, 15) is 9.59 Å². The first kappa shape index (κ1) is 24.4. The highest BCUT2D eigenvalue weighted by Crippen LogP contribution is 2.14. The van der Waals surface area contributed by atoms with Gasteiger partial charge in [-0.05, 0) is 31.2 Å². The Morgan fingerprint density at radius 1 is 1.03 bits per heavy atom. The lowest BCUT2D eigenvalue weighted by molar-refractivity contribution is -0.159. The molecule has 1 aromatic carbocycles. The molecule has 29 heavy (non-hydrogen) atoms. The number of carbonyl (C=O) groups is 4. The van der Waals surface area contributed by atoms with Crippen LogP contribution in [-0.4, -0.2) is 83.3 Å². The molecule has 1 heterocycles. The third-order valence-corrected chi connectivity index (χ3v) is 4.39. The molecule has 0 spiro atoms. The summed E-state index contributed by atoms with van der Waals surface area (Å²) in [6.07, 6.45) is 0.190. The molecule has 1 aliphatic rings. The van der Waals surface area contributed by atoms with E-state index in [1.807, 2.05) is 24.3 Å². The van der Waals surface area contributed by atoms with Crippen LogP contribution >= 0.6 is 15.9 Å². The molecule has 0 aliphatic carbocycles. The molecule has 0 saturated carbocycles. The van der Waals surface area contributed by atoms with Gasteiger partial charge in [-0.1, -0.05) is 15.9 Å². The Kier molecular flexibility index (Phi) is 10.7. The number of hydrogen-bond donors (Lipinski definition) is 3. The van der Waals surface area contributed by atoms with Crippen molar-refractivity contribution in [1.29, 1.82) is 0 Å². The van der Waals surface area contributed by atoms with Crippen LogP contribution in [0.2, 0.25) is 0 Å². The molecule has 0 unspecified atom stereocenters. The molecule has 10 nitrogen and oxygen atoms in total. The zero-order valence-electron chi connectivity index (χ0n) is 16.0. The van der Waals surface area contributed by atoms with Gasteiger partial charge < -0.3 is 25.2 Å². The smallest absolute Gasteiger partial charge is 0.414 e. The Bertz CT molecular complexity index is 692. The van der Waals surface area contributed by atoms with Crippen LogP contribution in [0.25, 0.3) is 0 Å². The van der Waals surface area contributed by atoms with Crippen molar-refractivity contribution in [3.63, 3.8) is 0 Å². The van der Waals surface area contributed by atoms with Crippen molar-refractivity contribution < 1.29 is 34.1 Å². The van der Waals surface area contributed by atoms with E-state index < -0.39 is 11.9 Å². The van der Waals surface area contributed by atoms with Crippen molar-refractivity contribution in [3.8, 4) is 0 Å². The summed E-state index contributed by atoms with van der Waals surface area (Å²) >= 11 is 3.36. The highest BCUT2D eigenvalue weighted by Gasteiger charge is 2.21. The van der Waals surface area contributed by atoms with E-state index in [0.717, 1.165) is 23.2 Å². The van der Waals surface area contributed by atoms with Gasteiger partial charge in [0.1, 0.15) is 0 Å². The van der Waals surface area contributed by atoms with Gasteiger partial charge in [0.05, 0.1) is 6.61 Å². The fourth-order valence-electron chi connectivity index (χ4n) is 2.39. The largest absolute Gasteiger partial charge is 0.473 e. The standard InChI is InChI=1S/C16H22BrN3O3.C2H2O4/c1-2-23-16(22)20-11-9-19(10-12-20)8-7-15(21)18-14-5-3-13(17)4-6-14;3-1(4)2(5)6/h3-6H,2,7-12H2,1H3,(H,18,21);(H,3,4)(H,5,6). The lowest BCUT2D eigenvalue weighted by Gasteiger charge is -2.33. The first-order valence-corrected chi connectivity index (χ1v) is 9.68. The maximum Gasteiger partial charge on any atom is 0.414 e. The van der Waals surface area contributed by atoms with Crippen molar-refractivity contribution in [2.24, 2.45) is 0 Å². The Hall–Kier alpha value is -2.66. The van der Waals surface area contributed by atoms with Crippen LogP contribution in [0.5, 0.6) is 0 Å². The molecule has 1 aliphatic heterocycles. The number of piperazine rings is 1. The van der Waals surface area contributed by atoms with E-state index in [4.69, 9.17) is 24.5 Å². The molecular weight excluding hydrogens is 450 g/mol. The lowest BCUT2D eigenvalue weighted by atomic mass is 10.2. The Morgan fingerprint density at radius 2 is 1.59 bits per heavy atom. The average Bonchev–Trinajstić information content (AvgIpc) is 2.69. The molecule has 0 radical (unpaired) electrons. The summed E-state index contributed by atoms with van der Waals surface area (Å²) in [4.78, 5) is 45.7. The first-order chi connectivity index (χ1) is 13.7. The van der Waals surface area contributed by atoms with Crippen molar-refractivity contribution in [2.45, 2.75) is 13.3 Å². The number of aliphatic carboxylic acids is 2. The molecule has 2 rings (SSSR count). The number of benzene rings is 1. The monoisotopic (exact) mass is 473 g/mol. The second-order valence-corrected chi connectivity index (χ2v) is 6.86. The summed E-state index contributed by atoms with van der Waals surface area (Å²) in [5.74, 6) is -3.65. The first-order valence-electron chi connectivity index (χ1n) is 8.88. The van der Waals surface area contributed by atoms with E-state index in [1.165, 1.54) is 0 Å². The summed E-state index contributed by atoms with van der Waals surface area (Å²) in [5, 5.41) is 17.7. The second kappa shape index (κ2) is 12.7. The predicted octanol–water partition coefficient (Wildman–Crippen LogP) is 1.71. The quantitative estimate of drug-likeness (QED) is 0.549. The molecule has 1 aromatic rings. The number of nitrogens with one attached hydrogen (secondary N) is 1. The molecule has 1 saturated heterocycles. The Balaban J connectivity index is 0.000000612. The number of carboxylic acid groups (broad SMARTS) is 2. The molecular formula is C18H24BrN3O7. The van der Waals surface area contributed by atoms with E-state index in [2.05, 4.69) is 26.1 Å². The van der Waals surface area contributed by atoms with Crippen LogP contribution in [0.1, 0.15) is 13.3 Å². The fraction of sp³-hybridized carbons (Fsp3) is 0.444. The van der Waals surface area contributed by atoms with E-state index >= 15 is 0 Å². The maximum atomic E-state index is 12.0. The van der Waals surface area contributed by atoms with Gasteiger partial charge in [0.15, 0.2) is 0 Å². The summed E-state index contributed by atoms with van der Waals surface area (Å²) in [5.41, 5.74) is 0.797. The zero-order chi connectivity index (χ0) is 21.8. The van der Waals surface area contributed by atoms with Gasteiger partial charge in [-0.25, -0.2) is 14.4 Å². The minimum atomic E-state index is -1.82. The van der Waals surface area contributed by atoms with Gasteiger partial charge in [0.2, 0.25) is 5.91 Å². The van der Waals surface area contributed by atoms with Crippen LogP contribution in [0, 0.1) is 0 Å². The second-order valence-electron chi connectivity index (χ2n) is 5.94. The lowest BCUT2D eigenvalue weighted by Crippen LogP contribution is -2.49. The minimum absolute atomic E-state index is 0.000134. The van der Waals surface area contributed by atoms with Gasteiger partial charge >= 0.3 is 18.0 Å². The highest BCUT2D eigenvalue weighted by molar-refractivity contribution is 9.10. The molecule has 0 aromatic heterocycles. The number of anilines is 1. The number of carboxylic acids is 2. The van der Waals surface area contributed by atoms with Gasteiger partial charge in [-0.15, -0.1) is 0 Å². The number of rotatable bonds is 5. The van der Waals surface area contributed by atoms with Crippen LogP contribution in [0.4, 0.5) is 10.5 Å². The summed E-state index contributed by atoms with van der Waals surface area (Å²) in [7, 11) is 0. The third kappa shape index (κ3) is 9.90. The SMILES string of the molecule is CCOC(=O)N1CCN(CCC(=O)Nc2ccc(Br)cc2)CC1.O=C(O)C(=O)O. The molecule has 160 valence electrons. The van der Waals surface area contributed by atoms with Crippen LogP contribution in [0.15, 0.2) is 28.7 Å². The molecule has 11 heteroatoms. The van der Waals surface area contributed by atoms with Crippen LogP contribution in [0.3, 0.4) is 0 Å². The topological polar surface area (TPSA) is 136 Å². The molecule has 0 bridgehead atoms. The van der Waals surface area contributed by atoms with E-state index in [1.54, 1.807) is 11.8 Å². The van der Waals surface area contributed by atoms with Gasteiger partial charge in [-0.2, -0.15) is 0 Å². The van der Waals surface area contributed by atoms with Crippen molar-refractivity contribution >= 4 is 45.6 Å². The number of carbonyl (C=O) groups excluding carboxylic acids is 2. The number of ether oxygens (including phenoxy) is 1. The zero-order valence-corrected chi connectivity index (χ0v) is 17.6. The minimum Gasteiger partial charge on any atom is -0.473 e. The summed E-state index contributed by atoms with van der Waals surface area (Å²) < 4.78 is 5.97. The van der Waals surface area contributed by atoms with Crippen molar-refractivity contribution in [2.75, 3.05) is 44.6 Å². The van der Waals surface area contributed by atoms with Gasteiger partial charge in [-0.3, -0.25) is 9.69 Å².